The SMILES string of the molecule is COc1ccc(F)cc1C(=O)CN1CCS(=O)CC1. The molecule has 1 saturated heterocycles. The number of hydrogen-bond acceptors (Lipinski definition) is 4. The zero-order valence-electron chi connectivity index (χ0n) is 10.7. The third kappa shape index (κ3) is 3.61. The van der Waals surface area contributed by atoms with E-state index in [4.69, 9.17) is 4.74 Å². The van der Waals surface area contributed by atoms with E-state index in [-0.39, 0.29) is 17.9 Å². The maximum atomic E-state index is 13.2. The van der Waals surface area contributed by atoms with E-state index >= 15 is 0 Å². The van der Waals surface area contributed by atoms with Gasteiger partial charge in [-0.15, -0.1) is 0 Å². The van der Waals surface area contributed by atoms with Crippen LogP contribution < -0.4 is 4.74 Å². The standard InChI is InChI=1S/C13H16FNO3S/c1-18-13-3-2-10(14)8-11(13)12(16)9-15-4-6-19(17)7-5-15/h2-3,8H,4-7,9H2,1H3. The molecule has 0 aromatic heterocycles. The summed E-state index contributed by atoms with van der Waals surface area (Å²) < 4.78 is 29.5. The molecule has 0 spiro atoms. The van der Waals surface area contributed by atoms with Crippen LogP contribution in [0.2, 0.25) is 0 Å². The summed E-state index contributed by atoms with van der Waals surface area (Å²) in [7, 11) is 0.685. The van der Waals surface area contributed by atoms with Crippen LogP contribution in [0.4, 0.5) is 4.39 Å². The van der Waals surface area contributed by atoms with Gasteiger partial charge in [0.2, 0.25) is 0 Å². The van der Waals surface area contributed by atoms with Crippen molar-refractivity contribution in [3.63, 3.8) is 0 Å². The van der Waals surface area contributed by atoms with Crippen molar-refractivity contribution in [3.8, 4) is 5.75 Å². The highest BCUT2D eigenvalue weighted by molar-refractivity contribution is 7.85. The van der Waals surface area contributed by atoms with E-state index in [0.717, 1.165) is 0 Å². The van der Waals surface area contributed by atoms with Crippen LogP contribution in [0.3, 0.4) is 0 Å². The van der Waals surface area contributed by atoms with Gasteiger partial charge in [0.15, 0.2) is 5.78 Å². The Labute approximate surface area is 114 Å². The molecule has 1 aliphatic heterocycles. The quantitative estimate of drug-likeness (QED) is 0.777. The fourth-order valence-corrected chi connectivity index (χ4v) is 3.15. The van der Waals surface area contributed by atoms with Crippen molar-refractivity contribution in [1.29, 1.82) is 0 Å². The highest BCUT2D eigenvalue weighted by atomic mass is 32.2. The van der Waals surface area contributed by atoms with Gasteiger partial charge in [0.25, 0.3) is 0 Å². The molecular weight excluding hydrogens is 269 g/mol. The molecule has 4 nitrogen and oxygen atoms in total. The van der Waals surface area contributed by atoms with E-state index < -0.39 is 16.6 Å². The van der Waals surface area contributed by atoms with Crippen molar-refractivity contribution in [2.75, 3.05) is 38.2 Å². The monoisotopic (exact) mass is 285 g/mol. The normalized spacial score (nSPS) is 17.4. The van der Waals surface area contributed by atoms with Crippen molar-refractivity contribution in [1.82, 2.24) is 4.90 Å². The highest BCUT2D eigenvalue weighted by Gasteiger charge is 2.20. The Morgan fingerprint density at radius 3 is 2.74 bits per heavy atom. The molecule has 6 heteroatoms. The molecule has 0 unspecified atom stereocenters. The number of nitrogens with zero attached hydrogens (tertiary/aromatic N) is 1. The first-order valence-corrected chi connectivity index (χ1v) is 7.53. The number of benzene rings is 1. The minimum atomic E-state index is -0.768. The van der Waals surface area contributed by atoms with Crippen LogP contribution >= 0.6 is 0 Å². The van der Waals surface area contributed by atoms with Gasteiger partial charge in [-0.3, -0.25) is 13.9 Å². The molecule has 0 bridgehead atoms. The Bertz CT molecular complexity index is 497. The molecule has 104 valence electrons. The summed E-state index contributed by atoms with van der Waals surface area (Å²) in [4.78, 5) is 14.1. The predicted molar refractivity (Wildman–Crippen MR) is 71.6 cm³/mol. The van der Waals surface area contributed by atoms with Crippen molar-refractivity contribution in [2.24, 2.45) is 0 Å². The number of ether oxygens (including phenoxy) is 1. The summed E-state index contributed by atoms with van der Waals surface area (Å²) >= 11 is 0. The predicted octanol–water partition coefficient (Wildman–Crippen LogP) is 1.08. The van der Waals surface area contributed by atoms with Crippen LogP contribution in [0.25, 0.3) is 0 Å². The van der Waals surface area contributed by atoms with Crippen LogP contribution in [0.1, 0.15) is 10.4 Å². The molecule has 0 saturated carbocycles. The lowest BCUT2D eigenvalue weighted by atomic mass is 10.1. The Hall–Kier alpha value is -1.27. The zero-order valence-corrected chi connectivity index (χ0v) is 11.5. The lowest BCUT2D eigenvalue weighted by Gasteiger charge is -2.25. The number of halogens is 1. The van der Waals surface area contributed by atoms with Crippen LogP contribution in [0, 0.1) is 5.82 Å². The summed E-state index contributed by atoms with van der Waals surface area (Å²) in [5, 5.41) is 0. The summed E-state index contributed by atoms with van der Waals surface area (Å²) in [6.07, 6.45) is 0. The number of carbonyl (C=O) groups excluding carboxylic acids is 1. The summed E-state index contributed by atoms with van der Waals surface area (Å²) in [5.74, 6) is 0.932. The first-order valence-electron chi connectivity index (χ1n) is 6.04. The van der Waals surface area contributed by atoms with Gasteiger partial charge in [0.1, 0.15) is 11.6 Å². The van der Waals surface area contributed by atoms with Crippen LogP contribution in [0.15, 0.2) is 18.2 Å². The number of Topliss-reactive ketones (excluding diaryl/α,β-unsaturated/α-hetero) is 1. The molecule has 2 rings (SSSR count). The maximum absolute atomic E-state index is 13.2. The zero-order chi connectivity index (χ0) is 13.8. The van der Waals surface area contributed by atoms with Gasteiger partial charge in [-0.05, 0) is 18.2 Å². The van der Waals surface area contributed by atoms with Gasteiger partial charge in [0.05, 0.1) is 19.2 Å². The lowest BCUT2D eigenvalue weighted by molar-refractivity contribution is 0.0933. The first-order chi connectivity index (χ1) is 9.10. The van der Waals surface area contributed by atoms with E-state index in [1.54, 1.807) is 0 Å². The Morgan fingerprint density at radius 1 is 1.42 bits per heavy atom. The van der Waals surface area contributed by atoms with Crippen molar-refractivity contribution < 1.29 is 18.1 Å². The third-order valence-electron chi connectivity index (χ3n) is 3.10. The van der Waals surface area contributed by atoms with E-state index in [1.165, 1.54) is 25.3 Å². The molecule has 1 heterocycles. The number of ketones is 1. The van der Waals surface area contributed by atoms with Crippen LogP contribution in [-0.2, 0) is 10.8 Å². The van der Waals surface area contributed by atoms with E-state index in [0.29, 0.717) is 30.3 Å². The van der Waals surface area contributed by atoms with Crippen LogP contribution in [-0.4, -0.2) is 53.1 Å². The van der Waals surface area contributed by atoms with Gasteiger partial charge < -0.3 is 4.74 Å². The Kier molecular flexibility index (Phi) is 4.66. The number of carbonyl (C=O) groups is 1. The molecule has 1 aromatic rings. The fraction of sp³-hybridized carbons (Fsp3) is 0.462. The largest absolute Gasteiger partial charge is 0.496 e. The van der Waals surface area contributed by atoms with Crippen molar-refractivity contribution >= 4 is 16.6 Å². The second-order valence-electron chi connectivity index (χ2n) is 4.39. The Balaban J connectivity index is 2.07. The second-order valence-corrected chi connectivity index (χ2v) is 6.09. The number of methoxy groups -OCH3 is 1. The average Bonchev–Trinajstić information content (AvgIpc) is 2.41. The summed E-state index contributed by atoms with van der Waals surface area (Å²) in [6.45, 7) is 1.48. The van der Waals surface area contributed by atoms with E-state index in [2.05, 4.69) is 0 Å². The van der Waals surface area contributed by atoms with E-state index in [1.807, 2.05) is 4.90 Å². The minimum Gasteiger partial charge on any atom is -0.496 e. The molecule has 0 N–H and O–H groups in total. The average molecular weight is 285 g/mol. The lowest BCUT2D eigenvalue weighted by Crippen LogP contribution is -2.40. The Morgan fingerprint density at radius 2 is 2.11 bits per heavy atom. The third-order valence-corrected chi connectivity index (χ3v) is 4.38. The van der Waals surface area contributed by atoms with Gasteiger partial charge in [-0.25, -0.2) is 4.39 Å². The van der Waals surface area contributed by atoms with Gasteiger partial charge in [-0.1, -0.05) is 0 Å². The molecule has 0 amide bonds. The smallest absolute Gasteiger partial charge is 0.180 e. The molecule has 0 radical (unpaired) electrons. The maximum Gasteiger partial charge on any atom is 0.180 e. The highest BCUT2D eigenvalue weighted by Crippen LogP contribution is 2.20. The molecule has 1 fully saturated rings. The first kappa shape index (κ1) is 14.1. The number of hydrogen-bond donors (Lipinski definition) is 0. The van der Waals surface area contributed by atoms with Gasteiger partial charge in [-0.2, -0.15) is 0 Å². The molecular formula is C13H16FNO3S. The second kappa shape index (κ2) is 6.25. The summed E-state index contributed by atoms with van der Waals surface area (Å²) in [5.41, 5.74) is 0.259. The molecule has 0 aliphatic carbocycles. The molecule has 19 heavy (non-hydrogen) atoms. The minimum absolute atomic E-state index is 0.177. The molecule has 1 aliphatic rings. The van der Waals surface area contributed by atoms with Gasteiger partial charge >= 0.3 is 0 Å². The molecule has 0 atom stereocenters. The van der Waals surface area contributed by atoms with Crippen molar-refractivity contribution in [3.05, 3.63) is 29.6 Å². The molecule has 1 aromatic carbocycles. The van der Waals surface area contributed by atoms with Gasteiger partial charge in [0, 0.05) is 35.4 Å². The summed E-state index contributed by atoms with van der Waals surface area (Å²) in [6, 6.07) is 3.91. The van der Waals surface area contributed by atoms with E-state index in [9.17, 15) is 13.4 Å². The fourth-order valence-electron chi connectivity index (χ4n) is 2.02. The van der Waals surface area contributed by atoms with Crippen LogP contribution in [0.5, 0.6) is 5.75 Å². The topological polar surface area (TPSA) is 46.6 Å². The van der Waals surface area contributed by atoms with Crippen molar-refractivity contribution in [2.45, 2.75) is 0 Å². The number of rotatable bonds is 4.